The molecule has 0 radical (unpaired) electrons. The monoisotopic (exact) mass is 551 g/mol. The van der Waals surface area contributed by atoms with Crippen molar-refractivity contribution < 1.29 is 21.7 Å². The van der Waals surface area contributed by atoms with Gasteiger partial charge in [-0.2, -0.15) is 11.6 Å². The maximum Gasteiger partial charge on any atom is 2.00 e. The Morgan fingerprint density at radius 3 is 1.68 bits per heavy atom. The summed E-state index contributed by atoms with van der Waals surface area (Å²) in [5, 5.41) is 0. The number of rotatable bonds is 16. The van der Waals surface area contributed by atoms with Gasteiger partial charge in [0.25, 0.3) is 0 Å². The van der Waals surface area contributed by atoms with Gasteiger partial charge in [0.05, 0.1) is 0 Å². The minimum atomic E-state index is 0. The Morgan fingerprint density at radius 1 is 0.794 bits per heavy atom. The standard InChI is InChI=1S/C20H35.C10H22N.2ClH.Ti/c1-7-10-15(4)18-13-19(16(5)11-8-2)20(14-18)17(6)12-9-3;1-4-7-9-11(6-3)10-8-5-2;;;/h13,15-18H,7-12H2,1-6H3;3-10H2,1-2H3;2*1H;/q2*-1;;;+2. The molecule has 1 aliphatic rings. The van der Waals surface area contributed by atoms with Gasteiger partial charge in [-0.15, -0.1) is 31.4 Å². The van der Waals surface area contributed by atoms with Crippen LogP contribution in [-0.4, -0.2) is 24.5 Å². The van der Waals surface area contributed by atoms with E-state index in [0.29, 0.717) is 17.8 Å². The first-order valence-electron chi connectivity index (χ1n) is 13.8. The molecule has 1 nitrogen and oxygen atoms in total. The third-order valence-corrected chi connectivity index (χ3v) is 6.79. The second-order valence-corrected chi connectivity index (χ2v) is 9.90. The van der Waals surface area contributed by atoms with Crippen molar-refractivity contribution in [2.45, 2.75) is 120 Å². The van der Waals surface area contributed by atoms with Crippen LogP contribution in [0.5, 0.6) is 0 Å². The van der Waals surface area contributed by atoms with Crippen LogP contribution in [0.2, 0.25) is 0 Å². The van der Waals surface area contributed by atoms with Crippen molar-refractivity contribution in [3.8, 4) is 0 Å². The van der Waals surface area contributed by atoms with E-state index >= 15 is 0 Å². The zero-order chi connectivity index (χ0) is 23.6. The van der Waals surface area contributed by atoms with Gasteiger partial charge in [0.2, 0.25) is 0 Å². The van der Waals surface area contributed by atoms with Crippen LogP contribution in [0.1, 0.15) is 120 Å². The summed E-state index contributed by atoms with van der Waals surface area (Å²) in [6.45, 7) is 25.9. The fraction of sp³-hybridized carbons (Fsp3) is 0.833. The van der Waals surface area contributed by atoms with E-state index in [1.54, 1.807) is 11.1 Å². The first-order chi connectivity index (χ1) is 14.9. The molecule has 0 amide bonds. The van der Waals surface area contributed by atoms with Crippen LogP contribution < -0.4 is 0 Å². The third kappa shape index (κ3) is 17.2. The zero-order valence-electron chi connectivity index (χ0n) is 24.0. The SMILES string of the molecule is CCCC(C)C1=[C-]C(C(C)CCC)C=C1C(C)CCC.Cl.Cl.[CH2-]CN(CCCC)CCCC.[Ti+2]. The summed E-state index contributed by atoms with van der Waals surface area (Å²) >= 11 is 0. The molecule has 0 spiro atoms. The van der Waals surface area contributed by atoms with E-state index in [-0.39, 0.29) is 46.5 Å². The Hall–Kier alpha value is 0.734. The molecule has 0 bridgehead atoms. The Morgan fingerprint density at radius 2 is 1.26 bits per heavy atom. The van der Waals surface area contributed by atoms with Crippen LogP contribution >= 0.6 is 24.8 Å². The van der Waals surface area contributed by atoms with Crippen LogP contribution in [0.15, 0.2) is 17.2 Å². The smallest absolute Gasteiger partial charge is 0.333 e. The van der Waals surface area contributed by atoms with Crippen LogP contribution in [0, 0.1) is 36.7 Å². The Bertz CT molecular complexity index is 456. The average Bonchev–Trinajstić information content (AvgIpc) is 3.21. The Labute approximate surface area is 243 Å². The fourth-order valence-corrected chi connectivity index (χ4v) is 4.65. The number of unbranched alkanes of at least 4 members (excludes halogenated alkanes) is 2. The van der Waals surface area contributed by atoms with Gasteiger partial charge in [-0.25, -0.2) is 5.57 Å². The van der Waals surface area contributed by atoms with Gasteiger partial charge in [0.15, 0.2) is 0 Å². The molecule has 0 saturated carbocycles. The van der Waals surface area contributed by atoms with Gasteiger partial charge in [-0.05, 0) is 32.4 Å². The summed E-state index contributed by atoms with van der Waals surface area (Å²) < 4.78 is 0. The summed E-state index contributed by atoms with van der Waals surface area (Å²) in [7, 11) is 0. The van der Waals surface area contributed by atoms with Gasteiger partial charge >= 0.3 is 21.7 Å². The van der Waals surface area contributed by atoms with E-state index in [1.807, 2.05) is 0 Å². The van der Waals surface area contributed by atoms with Crippen molar-refractivity contribution in [1.29, 1.82) is 0 Å². The van der Waals surface area contributed by atoms with Gasteiger partial charge in [-0.3, -0.25) is 6.08 Å². The summed E-state index contributed by atoms with van der Waals surface area (Å²) in [4.78, 5) is 2.44. The van der Waals surface area contributed by atoms with Crippen LogP contribution in [0.4, 0.5) is 0 Å². The summed E-state index contributed by atoms with van der Waals surface area (Å²) in [6, 6.07) is 0. The molecule has 0 aromatic heterocycles. The minimum Gasteiger partial charge on any atom is -0.333 e. The molecular formula is C30H59Cl2NTi. The van der Waals surface area contributed by atoms with E-state index in [2.05, 4.69) is 79.4 Å². The largest absolute Gasteiger partial charge is 2.00 e. The first kappa shape index (κ1) is 41.8. The fourth-order valence-electron chi connectivity index (χ4n) is 4.65. The van der Waals surface area contributed by atoms with Crippen LogP contribution in [0.3, 0.4) is 0 Å². The Balaban J connectivity index is -0.000000280. The number of allylic oxidation sites excluding steroid dienone is 4. The molecular weight excluding hydrogens is 493 g/mol. The second-order valence-electron chi connectivity index (χ2n) is 9.90. The second kappa shape index (κ2) is 26.8. The molecule has 34 heavy (non-hydrogen) atoms. The summed E-state index contributed by atoms with van der Waals surface area (Å²) in [5.41, 5.74) is 3.18. The minimum absolute atomic E-state index is 0. The van der Waals surface area contributed by atoms with Gasteiger partial charge in [-0.1, -0.05) is 124 Å². The average molecular weight is 553 g/mol. The number of halogens is 2. The van der Waals surface area contributed by atoms with E-state index in [0.717, 1.165) is 12.5 Å². The molecule has 0 saturated heterocycles. The molecule has 0 N–H and O–H groups in total. The number of hydrogen-bond acceptors (Lipinski definition) is 1. The third-order valence-electron chi connectivity index (χ3n) is 6.79. The predicted molar refractivity (Wildman–Crippen MR) is 157 cm³/mol. The predicted octanol–water partition coefficient (Wildman–Crippen LogP) is 10.1. The summed E-state index contributed by atoms with van der Waals surface area (Å²) in [6.07, 6.45) is 19.4. The zero-order valence-corrected chi connectivity index (χ0v) is 27.2. The van der Waals surface area contributed by atoms with E-state index < -0.39 is 0 Å². The molecule has 0 aliphatic heterocycles. The van der Waals surface area contributed by atoms with Crippen molar-refractivity contribution in [1.82, 2.24) is 4.90 Å². The summed E-state index contributed by atoms with van der Waals surface area (Å²) in [5.74, 6) is 2.71. The van der Waals surface area contributed by atoms with Crippen molar-refractivity contribution in [3.05, 3.63) is 30.2 Å². The number of hydrogen-bond donors (Lipinski definition) is 0. The van der Waals surface area contributed by atoms with E-state index in [1.165, 1.54) is 77.3 Å². The molecule has 1 rings (SSSR count). The first-order valence-corrected chi connectivity index (χ1v) is 13.8. The molecule has 0 aromatic carbocycles. The van der Waals surface area contributed by atoms with Crippen molar-refractivity contribution in [2.75, 3.05) is 19.6 Å². The molecule has 0 heterocycles. The molecule has 202 valence electrons. The van der Waals surface area contributed by atoms with Crippen LogP contribution in [-0.2, 0) is 21.7 Å². The maximum atomic E-state index is 3.92. The molecule has 4 heteroatoms. The molecule has 4 unspecified atom stereocenters. The van der Waals surface area contributed by atoms with Crippen molar-refractivity contribution >= 4 is 24.8 Å². The van der Waals surface area contributed by atoms with Crippen LogP contribution in [0.25, 0.3) is 0 Å². The van der Waals surface area contributed by atoms with Gasteiger partial charge in [0, 0.05) is 0 Å². The quantitative estimate of drug-likeness (QED) is 0.136. The maximum absolute atomic E-state index is 3.92. The topological polar surface area (TPSA) is 3.24 Å². The molecule has 4 atom stereocenters. The molecule has 0 fully saturated rings. The number of nitrogens with zero attached hydrogens (tertiary/aromatic N) is 1. The van der Waals surface area contributed by atoms with E-state index in [9.17, 15) is 0 Å². The van der Waals surface area contributed by atoms with Gasteiger partial charge < -0.3 is 11.8 Å². The van der Waals surface area contributed by atoms with Crippen molar-refractivity contribution in [2.24, 2.45) is 23.7 Å². The normalized spacial score (nSPS) is 17.2. The van der Waals surface area contributed by atoms with Crippen molar-refractivity contribution in [3.63, 3.8) is 0 Å². The molecule has 0 aromatic rings. The molecule has 1 aliphatic carbocycles. The Kier molecular flexibility index (Phi) is 33.0. The van der Waals surface area contributed by atoms with E-state index in [4.69, 9.17) is 0 Å². The van der Waals surface area contributed by atoms with Gasteiger partial charge in [0.1, 0.15) is 0 Å².